The highest BCUT2D eigenvalue weighted by molar-refractivity contribution is 6.34. The number of anilines is 3. The second-order valence-corrected chi connectivity index (χ2v) is 9.04. The van der Waals surface area contributed by atoms with E-state index in [1.165, 1.54) is 30.0 Å². The van der Waals surface area contributed by atoms with Crippen LogP contribution in [0.4, 0.5) is 21.7 Å². The molecule has 8 nitrogen and oxygen atoms in total. The topological polar surface area (TPSA) is 88.6 Å². The van der Waals surface area contributed by atoms with Crippen molar-refractivity contribution in [1.29, 1.82) is 0 Å². The van der Waals surface area contributed by atoms with Crippen LogP contribution >= 0.6 is 11.6 Å². The number of methoxy groups -OCH3 is 1. The van der Waals surface area contributed by atoms with Gasteiger partial charge in [0.2, 0.25) is 11.8 Å². The molecular weight excluding hydrogens is 461 g/mol. The number of ether oxygens (including phenoxy) is 2. The molecule has 3 aromatic rings. The quantitative estimate of drug-likeness (QED) is 0.568. The molecule has 1 aromatic heterocycles. The molecular formula is C24H23ClFN5O3. The maximum absolute atomic E-state index is 14.3. The number of amides is 1. The maximum Gasteiger partial charge on any atom is 0.268 e. The van der Waals surface area contributed by atoms with Gasteiger partial charge in [0.25, 0.3) is 5.91 Å². The monoisotopic (exact) mass is 483 g/mol. The largest absolute Gasteiger partial charge is 0.496 e. The fourth-order valence-corrected chi connectivity index (χ4v) is 4.73. The second kappa shape index (κ2) is 8.41. The molecule has 1 amide bonds. The molecule has 10 heteroatoms. The van der Waals surface area contributed by atoms with Crippen LogP contribution in [-0.4, -0.2) is 36.3 Å². The first kappa shape index (κ1) is 22.4. The molecule has 0 fully saturated rings. The van der Waals surface area contributed by atoms with Crippen molar-refractivity contribution in [2.75, 3.05) is 30.6 Å². The van der Waals surface area contributed by atoms with Gasteiger partial charge in [-0.05, 0) is 50.6 Å². The Morgan fingerprint density at radius 3 is 2.91 bits per heavy atom. The van der Waals surface area contributed by atoms with Crippen molar-refractivity contribution < 1.29 is 18.7 Å². The van der Waals surface area contributed by atoms with Crippen LogP contribution in [0.2, 0.25) is 5.02 Å². The summed E-state index contributed by atoms with van der Waals surface area (Å²) in [5.41, 5.74) is 2.93. The minimum Gasteiger partial charge on any atom is -0.496 e. The predicted molar refractivity (Wildman–Crippen MR) is 127 cm³/mol. The summed E-state index contributed by atoms with van der Waals surface area (Å²) in [4.78, 5) is 22.8. The average Bonchev–Trinajstić information content (AvgIpc) is 2.79. The summed E-state index contributed by atoms with van der Waals surface area (Å²) in [6.45, 7) is 4.89. The van der Waals surface area contributed by atoms with Gasteiger partial charge in [-0.3, -0.25) is 9.69 Å². The van der Waals surface area contributed by atoms with E-state index in [0.29, 0.717) is 0 Å². The number of benzene rings is 2. The molecule has 2 N–H and O–H groups in total. The summed E-state index contributed by atoms with van der Waals surface area (Å²) in [5.74, 6) is 0.0245. The Morgan fingerprint density at radius 1 is 1.32 bits per heavy atom. The Morgan fingerprint density at radius 2 is 2.15 bits per heavy atom. The zero-order valence-corrected chi connectivity index (χ0v) is 19.7. The standard InChI is InChI=1S/C24H23ClFN5O3/c1-24(2)19-13(7-8-28-24)9-14(10-18(19)33-3)29-23-27-11-15-21(30-23)34-12-31(22(15)32)20-16(25)5-4-6-17(20)26/h4-6,9-11,28H,7-8,12H2,1-3H3,(H,27,29,30). The lowest BCUT2D eigenvalue weighted by atomic mass is 9.84. The first-order valence-corrected chi connectivity index (χ1v) is 11.2. The van der Waals surface area contributed by atoms with E-state index in [2.05, 4.69) is 40.5 Å². The molecule has 0 bridgehead atoms. The van der Waals surface area contributed by atoms with E-state index in [-0.39, 0.29) is 40.4 Å². The number of aromatic nitrogens is 2. The summed E-state index contributed by atoms with van der Waals surface area (Å²) in [5, 5.41) is 6.79. The predicted octanol–water partition coefficient (Wildman–Crippen LogP) is 4.40. The van der Waals surface area contributed by atoms with E-state index >= 15 is 0 Å². The Kier molecular flexibility index (Phi) is 5.53. The number of rotatable bonds is 4. The third kappa shape index (κ3) is 3.80. The number of halogens is 2. The normalized spacial score (nSPS) is 16.4. The van der Waals surface area contributed by atoms with Gasteiger partial charge in [0.1, 0.15) is 22.8 Å². The van der Waals surface area contributed by atoms with E-state index in [9.17, 15) is 9.18 Å². The molecule has 0 aliphatic carbocycles. The van der Waals surface area contributed by atoms with E-state index in [4.69, 9.17) is 21.1 Å². The van der Waals surface area contributed by atoms with Crippen LogP contribution < -0.4 is 25.0 Å². The van der Waals surface area contributed by atoms with Gasteiger partial charge in [0.05, 0.1) is 12.1 Å². The third-order valence-electron chi connectivity index (χ3n) is 6.01. The zero-order chi connectivity index (χ0) is 24.0. The van der Waals surface area contributed by atoms with Crippen molar-refractivity contribution in [3.05, 3.63) is 64.1 Å². The Hall–Kier alpha value is -3.43. The van der Waals surface area contributed by atoms with Crippen LogP contribution in [-0.2, 0) is 12.0 Å². The minimum absolute atomic E-state index is 0.0411. The molecule has 0 unspecified atom stereocenters. The van der Waals surface area contributed by atoms with Gasteiger partial charge in [-0.15, -0.1) is 0 Å². The van der Waals surface area contributed by atoms with Crippen molar-refractivity contribution in [2.24, 2.45) is 0 Å². The highest BCUT2D eigenvalue weighted by atomic mass is 35.5. The molecule has 2 aliphatic rings. The van der Waals surface area contributed by atoms with Crippen molar-refractivity contribution in [2.45, 2.75) is 25.8 Å². The molecule has 2 aromatic carbocycles. The molecule has 0 saturated heterocycles. The van der Waals surface area contributed by atoms with Gasteiger partial charge in [0, 0.05) is 29.1 Å². The number of hydrogen-bond acceptors (Lipinski definition) is 7. The molecule has 2 aliphatic heterocycles. The van der Waals surface area contributed by atoms with Crippen molar-refractivity contribution in [3.8, 4) is 11.6 Å². The lowest BCUT2D eigenvalue weighted by Gasteiger charge is -2.35. The summed E-state index contributed by atoms with van der Waals surface area (Å²) in [7, 11) is 1.65. The van der Waals surface area contributed by atoms with Crippen molar-refractivity contribution in [1.82, 2.24) is 15.3 Å². The average molecular weight is 484 g/mol. The van der Waals surface area contributed by atoms with Crippen molar-refractivity contribution in [3.63, 3.8) is 0 Å². The fraction of sp³-hybridized carbons (Fsp3) is 0.292. The number of hydrogen-bond donors (Lipinski definition) is 2. The van der Waals surface area contributed by atoms with Gasteiger partial charge < -0.3 is 20.1 Å². The van der Waals surface area contributed by atoms with E-state index in [1.54, 1.807) is 7.11 Å². The van der Waals surface area contributed by atoms with E-state index < -0.39 is 11.7 Å². The van der Waals surface area contributed by atoms with Gasteiger partial charge in [-0.1, -0.05) is 17.7 Å². The van der Waals surface area contributed by atoms with Crippen molar-refractivity contribution >= 4 is 34.8 Å². The lowest BCUT2D eigenvalue weighted by molar-refractivity contribution is 0.0931. The maximum atomic E-state index is 14.3. The summed E-state index contributed by atoms with van der Waals surface area (Å²) in [6.07, 6.45) is 2.22. The molecule has 176 valence electrons. The van der Waals surface area contributed by atoms with Gasteiger partial charge in [-0.2, -0.15) is 4.98 Å². The van der Waals surface area contributed by atoms with E-state index in [1.807, 2.05) is 6.07 Å². The highest BCUT2D eigenvalue weighted by Crippen LogP contribution is 2.39. The molecule has 0 atom stereocenters. The molecule has 34 heavy (non-hydrogen) atoms. The molecule has 0 radical (unpaired) electrons. The number of nitrogens with zero attached hydrogens (tertiary/aromatic N) is 3. The second-order valence-electron chi connectivity index (χ2n) is 8.63. The van der Waals surface area contributed by atoms with Gasteiger partial charge >= 0.3 is 0 Å². The number of para-hydroxylation sites is 1. The smallest absolute Gasteiger partial charge is 0.268 e. The Bertz CT molecular complexity index is 1260. The van der Waals surface area contributed by atoms with Crippen LogP contribution in [0.3, 0.4) is 0 Å². The highest BCUT2D eigenvalue weighted by Gasteiger charge is 2.33. The van der Waals surface area contributed by atoms with E-state index in [0.717, 1.165) is 34.9 Å². The summed E-state index contributed by atoms with van der Waals surface area (Å²) < 4.78 is 25.7. The molecule has 5 rings (SSSR count). The SMILES string of the molecule is COc1cc(Nc2ncc3c(n2)OCN(c2c(F)cccc2Cl)C3=O)cc2c1C(C)(C)NCC2. The lowest BCUT2D eigenvalue weighted by Crippen LogP contribution is -2.42. The van der Waals surface area contributed by atoms with Crippen LogP contribution in [0.5, 0.6) is 11.6 Å². The third-order valence-corrected chi connectivity index (χ3v) is 6.32. The van der Waals surface area contributed by atoms with Crippen LogP contribution in [0.15, 0.2) is 36.5 Å². The fourth-order valence-electron chi connectivity index (χ4n) is 4.47. The number of nitrogens with one attached hydrogen (secondary N) is 2. The number of fused-ring (bicyclic) bond motifs is 2. The molecule has 0 spiro atoms. The summed E-state index contributed by atoms with van der Waals surface area (Å²) >= 11 is 6.12. The van der Waals surface area contributed by atoms with Crippen LogP contribution in [0, 0.1) is 5.82 Å². The number of carbonyl (C=O) groups excluding carboxylic acids is 1. The molecule has 0 saturated carbocycles. The minimum atomic E-state index is -0.619. The first-order chi connectivity index (χ1) is 16.3. The Labute approximate surface area is 201 Å². The van der Waals surface area contributed by atoms with Crippen LogP contribution in [0.25, 0.3) is 0 Å². The zero-order valence-electron chi connectivity index (χ0n) is 18.9. The van der Waals surface area contributed by atoms with Gasteiger partial charge in [-0.25, -0.2) is 9.37 Å². The van der Waals surface area contributed by atoms with Gasteiger partial charge in [0.15, 0.2) is 6.73 Å². The first-order valence-electron chi connectivity index (χ1n) is 10.8. The Balaban J connectivity index is 1.43. The van der Waals surface area contributed by atoms with Crippen LogP contribution in [0.1, 0.15) is 35.3 Å². The molecule has 3 heterocycles. The summed E-state index contributed by atoms with van der Waals surface area (Å²) in [6, 6.07) is 8.16. The number of carbonyl (C=O) groups is 1.